The molecule has 2 aliphatic heterocycles. The monoisotopic (exact) mass is 518 g/mol. The van der Waals surface area contributed by atoms with Gasteiger partial charge in [-0.3, -0.25) is 0 Å². The predicted octanol–water partition coefficient (Wildman–Crippen LogP) is 4.21. The normalized spacial score (nSPS) is 17.4. The Kier molecular flexibility index (Phi) is 5.70. The number of halogens is 3. The number of carbonyl (C=O) groups is 1. The van der Waals surface area contributed by atoms with Crippen LogP contribution in [0.3, 0.4) is 0 Å². The van der Waals surface area contributed by atoms with Crippen molar-refractivity contribution >= 4 is 45.8 Å². The smallest absolute Gasteiger partial charge is 0.410 e. The van der Waals surface area contributed by atoms with Crippen molar-refractivity contribution in [1.82, 2.24) is 14.9 Å². The highest BCUT2D eigenvalue weighted by Gasteiger charge is 2.38. The van der Waals surface area contributed by atoms with Crippen molar-refractivity contribution in [1.29, 1.82) is 0 Å². The van der Waals surface area contributed by atoms with E-state index in [0.717, 1.165) is 6.07 Å². The fourth-order valence-electron chi connectivity index (χ4n) is 4.57. The van der Waals surface area contributed by atoms with Crippen LogP contribution >= 0.6 is 11.6 Å². The van der Waals surface area contributed by atoms with E-state index in [1.807, 2.05) is 4.90 Å². The number of benzene rings is 2. The molecule has 0 unspecified atom stereocenters. The Morgan fingerprint density at radius 2 is 1.94 bits per heavy atom. The summed E-state index contributed by atoms with van der Waals surface area (Å²) in [6, 6.07) is 2.06. The summed E-state index contributed by atoms with van der Waals surface area (Å²) in [5.41, 5.74) is 10.5. The van der Waals surface area contributed by atoms with Gasteiger partial charge in [0.25, 0.3) is 0 Å². The van der Waals surface area contributed by atoms with Gasteiger partial charge >= 0.3 is 6.09 Å². The summed E-state index contributed by atoms with van der Waals surface area (Å²) in [4.78, 5) is 24.7. The van der Waals surface area contributed by atoms with Crippen molar-refractivity contribution in [3.05, 3.63) is 35.1 Å². The first-order valence-electron chi connectivity index (χ1n) is 11.3. The Morgan fingerprint density at radius 1 is 1.19 bits per heavy atom. The molecule has 9 nitrogen and oxygen atoms in total. The first-order valence-corrected chi connectivity index (χ1v) is 11.7. The standard InChI is InChI=1S/C24H25ClF2N6O3/c1-24(2,3)36-23(34)32-6-7-33-11(8-32)9-35-21-16-20(30-10-31-22(16)33)18(27)15(17(21)25)14-12(26)4-5-13(28)19(14)29/h4-5,10-11H,6-9,28-29H2,1-3H3/t11-/m0/s1. The highest BCUT2D eigenvalue weighted by Crippen LogP contribution is 2.49. The molecule has 1 amide bonds. The quantitative estimate of drug-likeness (QED) is 0.460. The number of carbonyl (C=O) groups excluding carboxylic acids is 1. The van der Waals surface area contributed by atoms with Crippen LogP contribution in [-0.2, 0) is 4.74 Å². The molecule has 0 spiro atoms. The van der Waals surface area contributed by atoms with E-state index < -0.39 is 23.3 Å². The number of rotatable bonds is 1. The van der Waals surface area contributed by atoms with Crippen LogP contribution in [0.4, 0.5) is 30.8 Å². The lowest BCUT2D eigenvalue weighted by Gasteiger charge is -2.41. The number of fused-ring (bicyclic) bond motifs is 2. The van der Waals surface area contributed by atoms with E-state index >= 15 is 4.39 Å². The summed E-state index contributed by atoms with van der Waals surface area (Å²) < 4.78 is 42.4. The van der Waals surface area contributed by atoms with Gasteiger partial charge in [-0.05, 0) is 32.9 Å². The third-order valence-corrected chi connectivity index (χ3v) is 6.57. The SMILES string of the molecule is CC(C)(C)OC(=O)N1CCN2c3ncnc4c(F)c(-c5c(F)ccc(N)c5N)c(Cl)c(c34)OC[C@@H]2C1. The fourth-order valence-corrected chi connectivity index (χ4v) is 4.90. The molecule has 1 fully saturated rings. The number of hydrogen-bond donors (Lipinski definition) is 2. The topological polar surface area (TPSA) is 120 Å². The van der Waals surface area contributed by atoms with E-state index in [1.54, 1.807) is 25.7 Å². The van der Waals surface area contributed by atoms with Gasteiger partial charge in [-0.15, -0.1) is 0 Å². The molecule has 12 heteroatoms. The molecular formula is C24H25ClF2N6O3. The van der Waals surface area contributed by atoms with E-state index in [-0.39, 0.29) is 63.4 Å². The zero-order valence-corrected chi connectivity index (χ0v) is 20.7. The van der Waals surface area contributed by atoms with Gasteiger partial charge in [-0.1, -0.05) is 11.6 Å². The van der Waals surface area contributed by atoms with E-state index in [0.29, 0.717) is 18.9 Å². The molecule has 3 aromatic rings. The van der Waals surface area contributed by atoms with Crippen molar-refractivity contribution < 1.29 is 23.0 Å². The predicted molar refractivity (Wildman–Crippen MR) is 133 cm³/mol. The maximum absolute atomic E-state index is 15.9. The number of anilines is 3. The molecule has 4 N–H and O–H groups in total. The molecule has 2 aliphatic rings. The lowest BCUT2D eigenvalue weighted by molar-refractivity contribution is 0.0202. The van der Waals surface area contributed by atoms with Crippen molar-refractivity contribution in [3.8, 4) is 16.9 Å². The Labute approximate surface area is 210 Å². The highest BCUT2D eigenvalue weighted by atomic mass is 35.5. The van der Waals surface area contributed by atoms with Crippen molar-refractivity contribution in [2.45, 2.75) is 32.4 Å². The van der Waals surface area contributed by atoms with Gasteiger partial charge in [0.2, 0.25) is 0 Å². The van der Waals surface area contributed by atoms with Crippen LogP contribution in [0, 0.1) is 11.6 Å². The average Bonchev–Trinajstić information content (AvgIpc) is 2.98. The van der Waals surface area contributed by atoms with Crippen LogP contribution in [0.15, 0.2) is 18.5 Å². The first-order chi connectivity index (χ1) is 17.0. The van der Waals surface area contributed by atoms with Gasteiger partial charge in [-0.25, -0.2) is 23.5 Å². The van der Waals surface area contributed by atoms with E-state index in [1.165, 1.54) is 12.4 Å². The van der Waals surface area contributed by atoms with Crippen LogP contribution < -0.4 is 21.1 Å². The van der Waals surface area contributed by atoms with Gasteiger partial charge in [-0.2, -0.15) is 0 Å². The van der Waals surface area contributed by atoms with Crippen LogP contribution in [0.25, 0.3) is 22.0 Å². The lowest BCUT2D eigenvalue weighted by Crippen LogP contribution is -2.57. The number of amides is 1. The number of nitrogens with zero attached hydrogens (tertiary/aromatic N) is 4. The third kappa shape index (κ3) is 3.87. The molecule has 190 valence electrons. The summed E-state index contributed by atoms with van der Waals surface area (Å²) >= 11 is 6.66. The van der Waals surface area contributed by atoms with Crippen LogP contribution in [-0.4, -0.2) is 58.8 Å². The number of hydrogen-bond acceptors (Lipinski definition) is 8. The van der Waals surface area contributed by atoms with Crippen LogP contribution in [0.5, 0.6) is 5.75 Å². The minimum absolute atomic E-state index is 0.0801. The Balaban J connectivity index is 1.62. The molecule has 3 heterocycles. The zero-order chi connectivity index (χ0) is 25.9. The molecule has 0 radical (unpaired) electrons. The number of piperazine rings is 1. The number of nitrogen functional groups attached to an aromatic ring is 2. The van der Waals surface area contributed by atoms with Gasteiger partial charge < -0.3 is 30.7 Å². The molecule has 0 saturated carbocycles. The van der Waals surface area contributed by atoms with Crippen molar-refractivity contribution in [3.63, 3.8) is 0 Å². The van der Waals surface area contributed by atoms with Gasteiger partial charge in [0.15, 0.2) is 11.6 Å². The largest absolute Gasteiger partial charge is 0.489 e. The second kappa shape index (κ2) is 8.51. The molecular weight excluding hydrogens is 494 g/mol. The van der Waals surface area contributed by atoms with Gasteiger partial charge in [0.1, 0.15) is 35.7 Å². The Morgan fingerprint density at radius 3 is 2.67 bits per heavy atom. The number of ether oxygens (including phenoxy) is 2. The second-order valence-corrected chi connectivity index (χ2v) is 10.1. The lowest BCUT2D eigenvalue weighted by atomic mass is 9.98. The minimum atomic E-state index is -0.868. The third-order valence-electron chi connectivity index (χ3n) is 6.21. The summed E-state index contributed by atoms with van der Waals surface area (Å²) in [5.74, 6) is -1.14. The molecule has 1 atom stereocenters. The molecule has 1 saturated heterocycles. The molecule has 2 aromatic carbocycles. The molecule has 5 rings (SSSR count). The van der Waals surface area contributed by atoms with Crippen molar-refractivity contribution in [2.75, 3.05) is 42.6 Å². The van der Waals surface area contributed by atoms with E-state index in [2.05, 4.69) is 9.97 Å². The molecule has 36 heavy (non-hydrogen) atoms. The molecule has 0 aliphatic carbocycles. The van der Waals surface area contributed by atoms with Crippen LogP contribution in [0.2, 0.25) is 5.02 Å². The summed E-state index contributed by atoms with van der Waals surface area (Å²) in [6.07, 6.45) is 0.792. The van der Waals surface area contributed by atoms with E-state index in [9.17, 15) is 9.18 Å². The van der Waals surface area contributed by atoms with Crippen LogP contribution in [0.1, 0.15) is 20.8 Å². The summed E-state index contributed by atoms with van der Waals surface area (Å²) in [6.45, 7) is 6.56. The summed E-state index contributed by atoms with van der Waals surface area (Å²) in [5, 5.41) is 0.0935. The maximum atomic E-state index is 15.9. The van der Waals surface area contributed by atoms with Crippen molar-refractivity contribution in [2.24, 2.45) is 0 Å². The number of nitrogens with two attached hydrogens (primary N) is 2. The highest BCUT2D eigenvalue weighted by molar-refractivity contribution is 6.37. The van der Waals surface area contributed by atoms with E-state index in [4.69, 9.17) is 32.5 Å². The molecule has 0 bridgehead atoms. The average molecular weight is 519 g/mol. The van der Waals surface area contributed by atoms with Gasteiger partial charge in [0.05, 0.1) is 27.8 Å². The summed E-state index contributed by atoms with van der Waals surface area (Å²) in [7, 11) is 0. The number of aromatic nitrogens is 2. The maximum Gasteiger partial charge on any atom is 0.410 e. The van der Waals surface area contributed by atoms with Gasteiger partial charge in [0, 0.05) is 30.8 Å². The zero-order valence-electron chi connectivity index (χ0n) is 19.9. The fraction of sp³-hybridized carbons (Fsp3) is 0.375. The molecule has 1 aromatic heterocycles. The minimum Gasteiger partial charge on any atom is -0.489 e. The second-order valence-electron chi connectivity index (χ2n) is 9.76. The Bertz CT molecular complexity index is 1400. The Hall–Kier alpha value is -3.60. The first kappa shape index (κ1) is 24.1.